The Morgan fingerprint density at radius 2 is 1.42 bits per heavy atom. The summed E-state index contributed by atoms with van der Waals surface area (Å²) >= 11 is 5.79. The third kappa shape index (κ3) is 1.52. The summed E-state index contributed by atoms with van der Waals surface area (Å²) in [5.41, 5.74) is 3.63. The molecule has 0 bridgehead atoms. The van der Waals surface area contributed by atoms with Gasteiger partial charge in [-0.1, -0.05) is 36.4 Å². The van der Waals surface area contributed by atoms with Crippen molar-refractivity contribution in [3.8, 4) is 0 Å². The minimum absolute atomic E-state index is 0.0263. The maximum absolute atomic E-state index is 11.8. The van der Waals surface area contributed by atoms with Crippen molar-refractivity contribution in [2.24, 2.45) is 0 Å². The molecule has 0 N–H and O–H groups in total. The Bertz CT molecular complexity index is 634. The van der Waals surface area contributed by atoms with Crippen molar-refractivity contribution in [1.82, 2.24) is 0 Å². The fourth-order valence-corrected chi connectivity index (χ4v) is 2.95. The molecular formula is C15H10ClNO2. The Morgan fingerprint density at radius 3 is 1.89 bits per heavy atom. The molecule has 0 aliphatic carbocycles. The largest absolute Gasteiger partial charge is 0.359 e. The predicted molar refractivity (Wildman–Crippen MR) is 72.8 cm³/mol. The lowest BCUT2D eigenvalue weighted by molar-refractivity contribution is 0.266. The maximum Gasteiger partial charge on any atom is 0.325 e. The molecule has 0 radical (unpaired) electrons. The van der Waals surface area contributed by atoms with E-state index in [2.05, 4.69) is 0 Å². The van der Waals surface area contributed by atoms with Gasteiger partial charge in [0.2, 0.25) is 0 Å². The fraction of sp³-hybridized carbons (Fsp3) is 0.133. The van der Waals surface area contributed by atoms with Gasteiger partial charge in [-0.2, -0.15) is 0 Å². The number of amides is 1. The number of epoxide rings is 1. The fourth-order valence-electron chi connectivity index (χ4n) is 2.77. The first-order valence-corrected chi connectivity index (χ1v) is 6.48. The molecule has 4 heteroatoms. The summed E-state index contributed by atoms with van der Waals surface area (Å²) in [7, 11) is 0. The van der Waals surface area contributed by atoms with Gasteiger partial charge in [-0.05, 0) is 23.7 Å². The summed E-state index contributed by atoms with van der Waals surface area (Å²) in [4.78, 5) is 13.4. The lowest BCUT2D eigenvalue weighted by Gasteiger charge is -2.22. The number of halogens is 1. The van der Waals surface area contributed by atoms with Crippen LogP contribution in [0.25, 0.3) is 0 Å². The number of anilines is 2. The summed E-state index contributed by atoms with van der Waals surface area (Å²) in [6.07, 6.45) is 0.0525. The van der Waals surface area contributed by atoms with Crippen molar-refractivity contribution < 1.29 is 9.53 Å². The summed E-state index contributed by atoms with van der Waals surface area (Å²) in [5.74, 6) is 0. The second kappa shape index (κ2) is 3.83. The van der Waals surface area contributed by atoms with E-state index in [0.717, 1.165) is 22.5 Å². The molecule has 19 heavy (non-hydrogen) atoms. The number of benzene rings is 2. The van der Waals surface area contributed by atoms with E-state index in [9.17, 15) is 4.79 Å². The number of fused-ring (bicyclic) bond motifs is 5. The molecule has 2 aliphatic heterocycles. The van der Waals surface area contributed by atoms with Gasteiger partial charge < -0.3 is 4.74 Å². The second-order valence-corrected chi connectivity index (χ2v) is 5.01. The molecule has 94 valence electrons. The molecule has 1 saturated heterocycles. The van der Waals surface area contributed by atoms with Crippen molar-refractivity contribution in [2.75, 3.05) is 4.90 Å². The molecule has 1 amide bonds. The Balaban J connectivity index is 2.02. The lowest BCUT2D eigenvalue weighted by atomic mass is 10.0. The number of carbonyl (C=O) groups excluding carboxylic acids is 1. The van der Waals surface area contributed by atoms with E-state index >= 15 is 0 Å². The summed E-state index contributed by atoms with van der Waals surface area (Å²) in [6.45, 7) is 0. The molecule has 2 aromatic carbocycles. The van der Waals surface area contributed by atoms with Crippen LogP contribution in [0.1, 0.15) is 23.3 Å². The minimum atomic E-state index is -0.499. The van der Waals surface area contributed by atoms with Gasteiger partial charge in [0.05, 0.1) is 11.4 Å². The Kier molecular flexibility index (Phi) is 2.22. The zero-order chi connectivity index (χ0) is 13.0. The van der Waals surface area contributed by atoms with Crippen LogP contribution in [0, 0.1) is 0 Å². The molecule has 2 heterocycles. The highest BCUT2D eigenvalue weighted by Gasteiger charge is 2.47. The molecule has 0 saturated carbocycles. The van der Waals surface area contributed by atoms with E-state index in [0.29, 0.717) is 0 Å². The van der Waals surface area contributed by atoms with Gasteiger partial charge in [0.1, 0.15) is 12.2 Å². The van der Waals surface area contributed by atoms with Crippen LogP contribution in [0.3, 0.4) is 0 Å². The van der Waals surface area contributed by atoms with Crippen LogP contribution in [0.4, 0.5) is 16.2 Å². The zero-order valence-corrected chi connectivity index (χ0v) is 10.7. The van der Waals surface area contributed by atoms with Crippen LogP contribution in [-0.2, 0) is 4.74 Å². The van der Waals surface area contributed by atoms with Gasteiger partial charge in [0, 0.05) is 11.1 Å². The second-order valence-electron chi connectivity index (χ2n) is 4.68. The molecule has 3 nitrogen and oxygen atoms in total. The van der Waals surface area contributed by atoms with Gasteiger partial charge in [0.25, 0.3) is 0 Å². The molecule has 0 aromatic heterocycles. The van der Waals surface area contributed by atoms with E-state index in [1.54, 1.807) is 4.90 Å². The van der Waals surface area contributed by atoms with E-state index in [-0.39, 0.29) is 12.2 Å². The maximum atomic E-state index is 11.8. The normalized spacial score (nSPS) is 22.9. The highest BCUT2D eigenvalue weighted by Crippen LogP contribution is 2.58. The summed E-state index contributed by atoms with van der Waals surface area (Å²) in [5, 5.41) is -0.499. The smallest absolute Gasteiger partial charge is 0.325 e. The Morgan fingerprint density at radius 1 is 0.947 bits per heavy atom. The number of hydrogen-bond acceptors (Lipinski definition) is 2. The van der Waals surface area contributed by atoms with Crippen molar-refractivity contribution in [3.05, 3.63) is 59.7 Å². The zero-order valence-electron chi connectivity index (χ0n) is 9.92. The number of rotatable bonds is 0. The van der Waals surface area contributed by atoms with E-state index in [1.807, 2.05) is 48.5 Å². The van der Waals surface area contributed by atoms with Crippen LogP contribution < -0.4 is 4.90 Å². The number of ether oxygens (including phenoxy) is 1. The third-order valence-electron chi connectivity index (χ3n) is 3.64. The van der Waals surface area contributed by atoms with Gasteiger partial charge in [-0.15, -0.1) is 0 Å². The SMILES string of the molecule is O=C(Cl)N1c2ccccc2[C@H]2O[C@H]2c2ccccc21. The van der Waals surface area contributed by atoms with Gasteiger partial charge >= 0.3 is 5.37 Å². The van der Waals surface area contributed by atoms with Gasteiger partial charge in [-0.3, -0.25) is 9.69 Å². The van der Waals surface area contributed by atoms with E-state index in [1.165, 1.54) is 0 Å². The quantitative estimate of drug-likeness (QED) is 0.406. The average molecular weight is 272 g/mol. The molecule has 0 spiro atoms. The number of nitrogens with zero attached hydrogens (tertiary/aromatic N) is 1. The Hall–Kier alpha value is -1.84. The number of para-hydroxylation sites is 2. The Labute approximate surface area is 115 Å². The number of hydrogen-bond donors (Lipinski definition) is 0. The molecule has 2 atom stereocenters. The standard InChI is InChI=1S/C15H10ClNO2/c16-15(18)17-11-7-3-1-5-9(11)13-14(19-13)10-6-2-4-8-12(10)17/h1-8,13-14H/t13-,14+. The van der Waals surface area contributed by atoms with E-state index in [4.69, 9.17) is 16.3 Å². The topological polar surface area (TPSA) is 32.8 Å². The molecular weight excluding hydrogens is 262 g/mol. The van der Waals surface area contributed by atoms with E-state index < -0.39 is 5.37 Å². The molecule has 0 unspecified atom stereocenters. The first-order valence-electron chi connectivity index (χ1n) is 6.10. The van der Waals surface area contributed by atoms with Crippen LogP contribution in [0.15, 0.2) is 48.5 Å². The number of carbonyl (C=O) groups is 1. The molecule has 4 rings (SSSR count). The van der Waals surface area contributed by atoms with Crippen LogP contribution in [0.2, 0.25) is 0 Å². The van der Waals surface area contributed by atoms with Crippen molar-refractivity contribution in [3.63, 3.8) is 0 Å². The van der Waals surface area contributed by atoms with Crippen LogP contribution >= 0.6 is 11.6 Å². The van der Waals surface area contributed by atoms with Crippen LogP contribution in [-0.4, -0.2) is 5.37 Å². The highest BCUT2D eigenvalue weighted by molar-refractivity contribution is 6.67. The molecule has 2 aromatic rings. The van der Waals surface area contributed by atoms with Gasteiger partial charge in [0.15, 0.2) is 0 Å². The predicted octanol–water partition coefficient (Wildman–Crippen LogP) is 4.31. The monoisotopic (exact) mass is 271 g/mol. The van der Waals surface area contributed by atoms with Crippen molar-refractivity contribution >= 4 is 28.3 Å². The molecule has 2 aliphatic rings. The first-order chi connectivity index (χ1) is 9.27. The van der Waals surface area contributed by atoms with Crippen molar-refractivity contribution in [2.45, 2.75) is 12.2 Å². The van der Waals surface area contributed by atoms with Crippen LogP contribution in [0.5, 0.6) is 0 Å². The minimum Gasteiger partial charge on any atom is -0.359 e. The third-order valence-corrected chi connectivity index (χ3v) is 3.80. The van der Waals surface area contributed by atoms with Crippen molar-refractivity contribution in [1.29, 1.82) is 0 Å². The highest BCUT2D eigenvalue weighted by atomic mass is 35.5. The first kappa shape index (κ1) is 11.0. The summed E-state index contributed by atoms with van der Waals surface area (Å²) < 4.78 is 5.76. The van der Waals surface area contributed by atoms with Gasteiger partial charge in [-0.25, -0.2) is 0 Å². The average Bonchev–Trinajstić information content (AvgIpc) is 3.19. The summed E-state index contributed by atoms with van der Waals surface area (Å²) in [6, 6.07) is 15.5. The molecule has 1 fully saturated rings. The lowest BCUT2D eigenvalue weighted by Crippen LogP contribution is -2.21.